The molecule has 7 heteroatoms. The van der Waals surface area contributed by atoms with E-state index in [4.69, 9.17) is 4.74 Å². The van der Waals surface area contributed by atoms with Crippen LogP contribution in [0.1, 0.15) is 50.1 Å². The molecule has 3 aromatic rings. The molecule has 1 N–H and O–H groups in total. The van der Waals surface area contributed by atoms with Crippen molar-refractivity contribution >= 4 is 40.5 Å². The van der Waals surface area contributed by atoms with Crippen molar-refractivity contribution in [3.63, 3.8) is 0 Å². The summed E-state index contributed by atoms with van der Waals surface area (Å²) in [6.07, 6.45) is -0.330. The van der Waals surface area contributed by atoms with Crippen LogP contribution in [0.15, 0.2) is 60.0 Å². The Labute approximate surface area is 182 Å². The van der Waals surface area contributed by atoms with Gasteiger partial charge in [-0.1, -0.05) is 42.5 Å². The smallest absolute Gasteiger partial charge is 0.306 e. The van der Waals surface area contributed by atoms with E-state index in [-0.39, 0.29) is 34.8 Å². The van der Waals surface area contributed by atoms with Crippen molar-refractivity contribution in [3.05, 3.63) is 87.1 Å². The quantitative estimate of drug-likeness (QED) is 0.464. The first-order chi connectivity index (χ1) is 15.0. The van der Waals surface area contributed by atoms with Crippen molar-refractivity contribution < 1.29 is 23.9 Å². The Bertz CT molecular complexity index is 1180. The zero-order chi connectivity index (χ0) is 22.0. The van der Waals surface area contributed by atoms with E-state index in [1.165, 1.54) is 6.92 Å². The number of carbonyl (C=O) groups is 4. The number of ether oxygens (including phenoxy) is 1. The summed E-state index contributed by atoms with van der Waals surface area (Å²) in [5.41, 5.74) is 1.25. The molecule has 1 unspecified atom stereocenters. The minimum Gasteiger partial charge on any atom is -0.453 e. The van der Waals surface area contributed by atoms with Crippen molar-refractivity contribution in [2.75, 3.05) is 5.32 Å². The lowest BCUT2D eigenvalue weighted by Gasteiger charge is -2.21. The monoisotopic (exact) mass is 433 g/mol. The summed E-state index contributed by atoms with van der Waals surface area (Å²) in [6, 6.07) is 15.2. The van der Waals surface area contributed by atoms with Gasteiger partial charge in [0.2, 0.25) is 0 Å². The molecule has 1 aliphatic carbocycles. The van der Waals surface area contributed by atoms with Gasteiger partial charge >= 0.3 is 5.97 Å². The van der Waals surface area contributed by atoms with Crippen LogP contribution in [0.5, 0.6) is 0 Å². The summed E-state index contributed by atoms with van der Waals surface area (Å²) in [6.45, 7) is 1.47. The van der Waals surface area contributed by atoms with Crippen LogP contribution in [-0.4, -0.2) is 29.5 Å². The number of hydrogen-bond acceptors (Lipinski definition) is 6. The molecule has 0 saturated heterocycles. The van der Waals surface area contributed by atoms with Gasteiger partial charge in [0.25, 0.3) is 5.91 Å². The molecule has 1 aromatic heterocycles. The third kappa shape index (κ3) is 4.18. The zero-order valence-corrected chi connectivity index (χ0v) is 17.5. The number of rotatable bonds is 6. The Morgan fingerprint density at radius 1 is 0.935 bits per heavy atom. The summed E-state index contributed by atoms with van der Waals surface area (Å²) in [5, 5.41) is 4.57. The topological polar surface area (TPSA) is 89.5 Å². The highest BCUT2D eigenvalue weighted by molar-refractivity contribution is 7.09. The average molecular weight is 433 g/mol. The molecule has 1 atom stereocenters. The van der Waals surface area contributed by atoms with Gasteiger partial charge in [-0.25, -0.2) is 0 Å². The molecule has 0 spiro atoms. The van der Waals surface area contributed by atoms with Gasteiger partial charge in [0.15, 0.2) is 17.7 Å². The third-order valence-electron chi connectivity index (χ3n) is 5.04. The molecule has 1 aliphatic rings. The Morgan fingerprint density at radius 2 is 1.65 bits per heavy atom. The number of anilines is 1. The Morgan fingerprint density at radius 3 is 2.35 bits per heavy atom. The molecular formula is C24H19NO5S. The predicted octanol–water partition coefficient (Wildman–Crippen LogP) is 4.03. The van der Waals surface area contributed by atoms with Crippen molar-refractivity contribution in [1.29, 1.82) is 0 Å². The Balaban J connectivity index is 1.47. The molecule has 0 saturated carbocycles. The van der Waals surface area contributed by atoms with Crippen LogP contribution in [0.25, 0.3) is 0 Å². The number of ketones is 2. The van der Waals surface area contributed by atoms with Crippen LogP contribution in [-0.2, 0) is 20.7 Å². The molecule has 31 heavy (non-hydrogen) atoms. The number of benzene rings is 2. The molecule has 0 aliphatic heterocycles. The molecule has 156 valence electrons. The summed E-state index contributed by atoms with van der Waals surface area (Å²) in [7, 11) is 0. The lowest BCUT2D eigenvalue weighted by atomic mass is 9.83. The van der Waals surface area contributed by atoms with Gasteiger partial charge in [0.1, 0.15) is 0 Å². The SMILES string of the molecule is CC(OC(=O)CCc1cccs1)C(=O)Nc1cccc2c1C(=O)c1ccccc1C2=O. The second kappa shape index (κ2) is 8.65. The lowest BCUT2D eigenvalue weighted by molar-refractivity contribution is -0.153. The first-order valence-electron chi connectivity index (χ1n) is 9.80. The first-order valence-corrected chi connectivity index (χ1v) is 10.7. The largest absolute Gasteiger partial charge is 0.453 e. The van der Waals surface area contributed by atoms with E-state index in [1.54, 1.807) is 53.8 Å². The maximum absolute atomic E-state index is 13.0. The average Bonchev–Trinajstić information content (AvgIpc) is 3.29. The van der Waals surface area contributed by atoms with E-state index in [0.717, 1.165) is 4.88 Å². The van der Waals surface area contributed by atoms with Crippen LogP contribution in [0, 0.1) is 0 Å². The fourth-order valence-corrected chi connectivity index (χ4v) is 4.18. The van der Waals surface area contributed by atoms with E-state index in [9.17, 15) is 19.2 Å². The lowest BCUT2D eigenvalue weighted by Crippen LogP contribution is -2.31. The van der Waals surface area contributed by atoms with Crippen LogP contribution in [0.3, 0.4) is 0 Å². The maximum Gasteiger partial charge on any atom is 0.306 e. The van der Waals surface area contributed by atoms with Gasteiger partial charge in [-0.3, -0.25) is 19.2 Å². The molecule has 1 heterocycles. The fraction of sp³-hybridized carbons (Fsp3) is 0.167. The van der Waals surface area contributed by atoms with Crippen molar-refractivity contribution in [1.82, 2.24) is 0 Å². The summed E-state index contributed by atoms with van der Waals surface area (Å²) >= 11 is 1.55. The van der Waals surface area contributed by atoms with Crippen LogP contribution >= 0.6 is 11.3 Å². The second-order valence-electron chi connectivity index (χ2n) is 7.13. The fourth-order valence-electron chi connectivity index (χ4n) is 3.47. The predicted molar refractivity (Wildman–Crippen MR) is 117 cm³/mol. The highest BCUT2D eigenvalue weighted by Crippen LogP contribution is 2.32. The maximum atomic E-state index is 13.0. The molecule has 0 radical (unpaired) electrons. The van der Waals surface area contributed by atoms with Gasteiger partial charge in [-0.2, -0.15) is 0 Å². The number of hydrogen-bond donors (Lipinski definition) is 1. The molecule has 1 amide bonds. The van der Waals surface area contributed by atoms with Gasteiger partial charge in [-0.05, 0) is 30.9 Å². The standard InChI is InChI=1S/C24H19NO5S/c1-14(30-20(26)12-11-15-6-5-13-31-15)24(29)25-19-10-4-9-18-21(19)23(28)17-8-3-2-7-16(17)22(18)27/h2-10,13-14H,11-12H2,1H3,(H,25,29). The van der Waals surface area contributed by atoms with E-state index in [2.05, 4.69) is 5.32 Å². The minimum absolute atomic E-state index is 0.149. The van der Waals surface area contributed by atoms with Crippen molar-refractivity contribution in [2.45, 2.75) is 25.9 Å². The molecule has 0 fully saturated rings. The summed E-state index contributed by atoms with van der Waals surface area (Å²) < 4.78 is 5.23. The number of carbonyl (C=O) groups excluding carboxylic acids is 4. The van der Waals surface area contributed by atoms with Crippen LogP contribution in [0.2, 0.25) is 0 Å². The van der Waals surface area contributed by atoms with Crippen molar-refractivity contribution in [3.8, 4) is 0 Å². The minimum atomic E-state index is -1.05. The van der Waals surface area contributed by atoms with Gasteiger partial charge in [-0.15, -0.1) is 11.3 Å². The molecule has 0 bridgehead atoms. The number of thiophene rings is 1. The Hall–Kier alpha value is -3.58. The zero-order valence-electron chi connectivity index (χ0n) is 16.7. The van der Waals surface area contributed by atoms with E-state index in [0.29, 0.717) is 17.5 Å². The molecular weight excluding hydrogens is 414 g/mol. The van der Waals surface area contributed by atoms with E-state index in [1.807, 2.05) is 17.5 Å². The van der Waals surface area contributed by atoms with E-state index < -0.39 is 18.0 Å². The highest BCUT2D eigenvalue weighted by Gasteiger charge is 2.32. The summed E-state index contributed by atoms with van der Waals surface area (Å²) in [5.74, 6) is -1.65. The number of fused-ring (bicyclic) bond motifs is 2. The second-order valence-corrected chi connectivity index (χ2v) is 8.16. The van der Waals surface area contributed by atoms with Crippen LogP contribution in [0.4, 0.5) is 5.69 Å². The molecule has 6 nitrogen and oxygen atoms in total. The van der Waals surface area contributed by atoms with Gasteiger partial charge < -0.3 is 10.1 Å². The normalized spacial score (nSPS) is 13.2. The first kappa shape index (κ1) is 20.7. The Kier molecular flexibility index (Phi) is 5.77. The van der Waals surface area contributed by atoms with Gasteiger partial charge in [0, 0.05) is 21.6 Å². The van der Waals surface area contributed by atoms with E-state index >= 15 is 0 Å². The number of aryl methyl sites for hydroxylation is 1. The molecule has 2 aromatic carbocycles. The highest BCUT2D eigenvalue weighted by atomic mass is 32.1. The summed E-state index contributed by atoms with van der Waals surface area (Å²) in [4.78, 5) is 51.6. The number of esters is 1. The number of nitrogens with one attached hydrogen (secondary N) is 1. The third-order valence-corrected chi connectivity index (χ3v) is 5.98. The van der Waals surface area contributed by atoms with Gasteiger partial charge in [0.05, 0.1) is 17.7 Å². The van der Waals surface area contributed by atoms with Crippen LogP contribution < -0.4 is 5.32 Å². The molecule has 4 rings (SSSR count). The van der Waals surface area contributed by atoms with Crippen molar-refractivity contribution in [2.24, 2.45) is 0 Å². The number of amides is 1.